The number of ether oxygens (including phenoxy) is 1. The first-order valence-corrected chi connectivity index (χ1v) is 10.9. The van der Waals surface area contributed by atoms with E-state index >= 15 is 0 Å². The topological polar surface area (TPSA) is 92.9 Å². The zero-order valence-electron chi connectivity index (χ0n) is 19.2. The standard InChI is InChI=1S/C25H30FN5O2/c1-17(20-8-9-23(33-3)22(26)14-20)24(19-6-4-18(15-27)5-7-19)30-25(31(2)16-32)29-21-10-12-28-13-11-21/h4-9,14,21,28,32H,10-13,16H2,1-3H3,(H,29,30)/b24-17+. The van der Waals surface area contributed by atoms with Gasteiger partial charge in [0.2, 0.25) is 5.96 Å². The van der Waals surface area contributed by atoms with E-state index in [1.807, 2.05) is 19.1 Å². The number of hydrogen-bond donors (Lipinski definition) is 3. The zero-order valence-corrected chi connectivity index (χ0v) is 19.2. The van der Waals surface area contributed by atoms with Crippen LogP contribution in [0.5, 0.6) is 5.75 Å². The van der Waals surface area contributed by atoms with Crippen molar-refractivity contribution < 1.29 is 14.2 Å². The van der Waals surface area contributed by atoms with Gasteiger partial charge in [-0.15, -0.1) is 0 Å². The summed E-state index contributed by atoms with van der Waals surface area (Å²) in [4.78, 5) is 6.54. The minimum Gasteiger partial charge on any atom is -0.494 e. The smallest absolute Gasteiger partial charge is 0.200 e. The molecule has 8 heteroatoms. The van der Waals surface area contributed by atoms with Gasteiger partial charge in [0.15, 0.2) is 11.6 Å². The molecular weight excluding hydrogens is 421 g/mol. The maximum atomic E-state index is 14.5. The Bertz CT molecular complexity index is 1050. The number of piperidine rings is 1. The molecule has 174 valence electrons. The molecule has 0 saturated carbocycles. The summed E-state index contributed by atoms with van der Waals surface area (Å²) in [6, 6.07) is 14.2. The number of aliphatic hydroxyl groups is 1. The lowest BCUT2D eigenvalue weighted by Crippen LogP contribution is -2.48. The van der Waals surface area contributed by atoms with Crippen LogP contribution in [0.3, 0.4) is 0 Å². The third-order valence-corrected chi connectivity index (χ3v) is 5.69. The molecule has 3 rings (SSSR count). The van der Waals surface area contributed by atoms with Crippen molar-refractivity contribution >= 4 is 17.2 Å². The number of guanidine groups is 1. The van der Waals surface area contributed by atoms with E-state index in [9.17, 15) is 14.8 Å². The first kappa shape index (κ1) is 24.2. The highest BCUT2D eigenvalue weighted by molar-refractivity contribution is 5.95. The highest BCUT2D eigenvalue weighted by Crippen LogP contribution is 2.30. The number of nitriles is 1. The largest absolute Gasteiger partial charge is 0.494 e. The lowest BCUT2D eigenvalue weighted by molar-refractivity contribution is 0.186. The fourth-order valence-corrected chi connectivity index (χ4v) is 3.65. The Morgan fingerprint density at radius 3 is 2.48 bits per heavy atom. The van der Waals surface area contributed by atoms with E-state index in [1.165, 1.54) is 13.2 Å². The van der Waals surface area contributed by atoms with Gasteiger partial charge >= 0.3 is 0 Å². The lowest BCUT2D eigenvalue weighted by atomic mass is 10.00. The third kappa shape index (κ3) is 6.09. The van der Waals surface area contributed by atoms with E-state index in [0.717, 1.165) is 37.1 Å². The van der Waals surface area contributed by atoms with Gasteiger partial charge in [-0.05, 0) is 68.3 Å². The summed E-state index contributed by atoms with van der Waals surface area (Å²) in [6.07, 6.45) is 1.88. The van der Waals surface area contributed by atoms with Gasteiger partial charge in [-0.3, -0.25) is 0 Å². The van der Waals surface area contributed by atoms with E-state index in [-0.39, 0.29) is 18.5 Å². The summed E-state index contributed by atoms with van der Waals surface area (Å²) in [7, 11) is 3.18. The maximum absolute atomic E-state index is 14.5. The van der Waals surface area contributed by atoms with Gasteiger partial charge in [-0.2, -0.15) is 5.26 Å². The van der Waals surface area contributed by atoms with Crippen molar-refractivity contribution in [2.45, 2.75) is 25.8 Å². The van der Waals surface area contributed by atoms with Crippen LogP contribution in [0.2, 0.25) is 0 Å². The Balaban J connectivity index is 2.12. The average Bonchev–Trinajstić information content (AvgIpc) is 2.86. The highest BCUT2D eigenvalue weighted by atomic mass is 19.1. The number of nitrogens with zero attached hydrogens (tertiary/aromatic N) is 3. The van der Waals surface area contributed by atoms with Gasteiger partial charge in [0.05, 0.1) is 24.4 Å². The Hall–Kier alpha value is -3.41. The second-order valence-corrected chi connectivity index (χ2v) is 7.96. The van der Waals surface area contributed by atoms with Crippen LogP contribution < -0.4 is 15.4 Å². The number of methoxy groups -OCH3 is 1. The second-order valence-electron chi connectivity index (χ2n) is 7.96. The molecule has 33 heavy (non-hydrogen) atoms. The summed E-state index contributed by atoms with van der Waals surface area (Å²) < 4.78 is 19.5. The summed E-state index contributed by atoms with van der Waals surface area (Å²) in [6.45, 7) is 3.49. The van der Waals surface area contributed by atoms with E-state index in [0.29, 0.717) is 22.8 Å². The Labute approximate surface area is 194 Å². The van der Waals surface area contributed by atoms with Gasteiger partial charge in [0.25, 0.3) is 0 Å². The van der Waals surface area contributed by atoms with Crippen molar-refractivity contribution in [1.29, 1.82) is 5.26 Å². The Morgan fingerprint density at radius 1 is 1.24 bits per heavy atom. The molecule has 7 nitrogen and oxygen atoms in total. The molecular formula is C25H30FN5O2. The number of benzene rings is 2. The molecule has 0 aliphatic carbocycles. The molecule has 1 aliphatic heterocycles. The molecule has 2 aromatic carbocycles. The quantitative estimate of drug-likeness (QED) is 0.270. The normalized spacial score (nSPS) is 15.5. The third-order valence-electron chi connectivity index (χ3n) is 5.69. The Kier molecular flexibility index (Phi) is 8.41. The first-order valence-electron chi connectivity index (χ1n) is 10.9. The second kappa shape index (κ2) is 11.5. The summed E-state index contributed by atoms with van der Waals surface area (Å²) >= 11 is 0. The SMILES string of the molecule is COc1ccc(/C(C)=C(/N=C(/NC2CCNCC2)N(C)CO)c2ccc(C#N)cc2)cc1F. The number of aliphatic imine (C=N–C) groups is 1. The first-order chi connectivity index (χ1) is 16.0. The van der Waals surface area contributed by atoms with Crippen LogP contribution in [0.15, 0.2) is 47.5 Å². The van der Waals surface area contributed by atoms with Crippen LogP contribution >= 0.6 is 0 Å². The van der Waals surface area contributed by atoms with Gasteiger partial charge in [0, 0.05) is 18.7 Å². The molecule has 0 atom stereocenters. The van der Waals surface area contributed by atoms with Crippen molar-refractivity contribution in [3.05, 3.63) is 65.0 Å². The van der Waals surface area contributed by atoms with Crippen molar-refractivity contribution in [3.8, 4) is 11.8 Å². The predicted molar refractivity (Wildman–Crippen MR) is 128 cm³/mol. The fourth-order valence-electron chi connectivity index (χ4n) is 3.65. The van der Waals surface area contributed by atoms with Crippen LogP contribution in [0.1, 0.15) is 36.5 Å². The molecule has 0 amide bonds. The molecule has 3 N–H and O–H groups in total. The van der Waals surface area contributed by atoms with Crippen molar-refractivity contribution in [1.82, 2.24) is 15.5 Å². The zero-order chi connectivity index (χ0) is 23.8. The van der Waals surface area contributed by atoms with E-state index in [1.54, 1.807) is 36.2 Å². The summed E-state index contributed by atoms with van der Waals surface area (Å²) in [5.41, 5.74) is 3.33. The molecule has 0 spiro atoms. The van der Waals surface area contributed by atoms with E-state index in [2.05, 4.69) is 16.7 Å². The van der Waals surface area contributed by atoms with Crippen LogP contribution in [0.25, 0.3) is 11.3 Å². The molecule has 0 bridgehead atoms. The van der Waals surface area contributed by atoms with E-state index in [4.69, 9.17) is 9.73 Å². The average molecular weight is 452 g/mol. The molecule has 2 aromatic rings. The number of rotatable bonds is 6. The molecule has 1 fully saturated rings. The number of hydrogen-bond acceptors (Lipinski definition) is 5. The predicted octanol–water partition coefficient (Wildman–Crippen LogP) is 3.17. The summed E-state index contributed by atoms with van der Waals surface area (Å²) in [5, 5.41) is 25.8. The molecule has 0 unspecified atom stereocenters. The number of nitrogens with one attached hydrogen (secondary N) is 2. The van der Waals surface area contributed by atoms with Gasteiger partial charge in [-0.1, -0.05) is 18.2 Å². The van der Waals surface area contributed by atoms with Crippen LogP contribution in [-0.4, -0.2) is 56.0 Å². The van der Waals surface area contributed by atoms with Gasteiger partial charge < -0.3 is 25.4 Å². The van der Waals surface area contributed by atoms with Crippen molar-refractivity contribution in [2.75, 3.05) is 34.0 Å². The van der Waals surface area contributed by atoms with Crippen LogP contribution in [0, 0.1) is 17.1 Å². The molecule has 1 heterocycles. The monoisotopic (exact) mass is 451 g/mol. The molecule has 0 aromatic heterocycles. The minimum absolute atomic E-state index is 0.170. The molecule has 1 aliphatic rings. The molecule has 1 saturated heterocycles. The van der Waals surface area contributed by atoms with Crippen LogP contribution in [-0.2, 0) is 0 Å². The maximum Gasteiger partial charge on any atom is 0.200 e. The van der Waals surface area contributed by atoms with Gasteiger partial charge in [-0.25, -0.2) is 9.38 Å². The highest BCUT2D eigenvalue weighted by Gasteiger charge is 2.18. The van der Waals surface area contributed by atoms with Crippen LogP contribution in [0.4, 0.5) is 4.39 Å². The lowest BCUT2D eigenvalue weighted by Gasteiger charge is -2.29. The number of halogens is 1. The Morgan fingerprint density at radius 2 is 1.91 bits per heavy atom. The van der Waals surface area contributed by atoms with E-state index < -0.39 is 5.82 Å². The van der Waals surface area contributed by atoms with Crippen molar-refractivity contribution in [3.63, 3.8) is 0 Å². The van der Waals surface area contributed by atoms with Crippen molar-refractivity contribution in [2.24, 2.45) is 4.99 Å². The minimum atomic E-state index is -0.460. The molecule has 0 radical (unpaired) electrons. The van der Waals surface area contributed by atoms with Gasteiger partial charge in [0.1, 0.15) is 6.73 Å². The summed E-state index contributed by atoms with van der Waals surface area (Å²) in [5.74, 6) is 0.235. The number of allylic oxidation sites excluding steroid dienone is 1. The number of aliphatic hydroxyl groups excluding tert-OH is 1. The fraction of sp³-hybridized carbons (Fsp3) is 0.360.